The number of likely N-dealkylation sites (tertiary alicyclic amines) is 1. The second kappa shape index (κ2) is 8.45. The molecule has 1 aliphatic rings. The van der Waals surface area contributed by atoms with E-state index in [1.54, 1.807) is 13.8 Å². The van der Waals surface area contributed by atoms with Crippen LogP contribution in [-0.2, 0) is 11.0 Å². The molecule has 2 atom stereocenters. The quantitative estimate of drug-likeness (QED) is 0.750. The Kier molecular flexibility index (Phi) is 6.14. The fourth-order valence-corrected chi connectivity index (χ4v) is 3.72. The van der Waals surface area contributed by atoms with Crippen molar-refractivity contribution in [2.75, 3.05) is 13.1 Å². The molecule has 1 aliphatic heterocycles. The van der Waals surface area contributed by atoms with E-state index in [1.807, 2.05) is 0 Å². The van der Waals surface area contributed by atoms with Gasteiger partial charge in [-0.1, -0.05) is 30.3 Å². The van der Waals surface area contributed by atoms with Gasteiger partial charge in [-0.3, -0.25) is 9.59 Å². The lowest BCUT2D eigenvalue weighted by Gasteiger charge is -2.20. The summed E-state index contributed by atoms with van der Waals surface area (Å²) >= 11 is 0. The second-order valence-electron chi connectivity index (χ2n) is 7.69. The predicted molar refractivity (Wildman–Crippen MR) is 103 cm³/mol. The summed E-state index contributed by atoms with van der Waals surface area (Å²) in [4.78, 5) is 26.9. The van der Waals surface area contributed by atoms with Crippen molar-refractivity contribution in [2.24, 2.45) is 5.92 Å². The minimum absolute atomic E-state index is 0.00731. The van der Waals surface area contributed by atoms with Crippen LogP contribution in [0.5, 0.6) is 0 Å². The average molecular weight is 422 g/mol. The summed E-state index contributed by atoms with van der Waals surface area (Å²) in [5.74, 6) is -3.01. The molecule has 1 fully saturated rings. The van der Waals surface area contributed by atoms with Crippen LogP contribution in [0.1, 0.15) is 41.3 Å². The van der Waals surface area contributed by atoms with Gasteiger partial charge in [0.2, 0.25) is 5.91 Å². The van der Waals surface area contributed by atoms with Gasteiger partial charge >= 0.3 is 6.18 Å². The Balaban J connectivity index is 1.94. The van der Waals surface area contributed by atoms with Gasteiger partial charge in [0.1, 0.15) is 5.82 Å². The highest BCUT2D eigenvalue weighted by atomic mass is 19.4. The molecule has 0 bridgehead atoms. The van der Waals surface area contributed by atoms with Crippen LogP contribution in [0.15, 0.2) is 48.5 Å². The number of hydrogen-bond acceptors (Lipinski definition) is 2. The van der Waals surface area contributed by atoms with E-state index in [2.05, 4.69) is 5.32 Å². The van der Waals surface area contributed by atoms with E-state index in [0.717, 1.165) is 18.2 Å². The first kappa shape index (κ1) is 21.8. The van der Waals surface area contributed by atoms with Crippen molar-refractivity contribution in [1.82, 2.24) is 10.2 Å². The maximum atomic E-state index is 14.1. The van der Waals surface area contributed by atoms with Crippen LogP contribution in [0.3, 0.4) is 0 Å². The summed E-state index contributed by atoms with van der Waals surface area (Å²) in [7, 11) is 0. The summed E-state index contributed by atoms with van der Waals surface area (Å²) in [5, 5.41) is 2.77. The number of nitrogens with one attached hydrogen (secondary N) is 1. The Morgan fingerprint density at radius 1 is 1.07 bits per heavy atom. The van der Waals surface area contributed by atoms with Gasteiger partial charge in [-0.25, -0.2) is 4.39 Å². The lowest BCUT2D eigenvalue weighted by Crippen LogP contribution is -2.39. The third-order valence-corrected chi connectivity index (χ3v) is 5.12. The Morgan fingerprint density at radius 2 is 1.77 bits per heavy atom. The Labute approximate surface area is 171 Å². The lowest BCUT2D eigenvalue weighted by atomic mass is 9.87. The molecule has 4 nitrogen and oxygen atoms in total. The van der Waals surface area contributed by atoms with E-state index < -0.39 is 35.3 Å². The summed E-state index contributed by atoms with van der Waals surface area (Å²) in [5.41, 5.74) is -0.635. The van der Waals surface area contributed by atoms with Gasteiger partial charge in [0, 0.05) is 25.0 Å². The van der Waals surface area contributed by atoms with Crippen LogP contribution in [0.25, 0.3) is 0 Å². The largest absolute Gasteiger partial charge is 0.416 e. The number of amides is 2. The van der Waals surface area contributed by atoms with E-state index in [0.29, 0.717) is 5.56 Å². The zero-order valence-electron chi connectivity index (χ0n) is 16.5. The van der Waals surface area contributed by atoms with Gasteiger partial charge in [0.05, 0.1) is 17.0 Å². The first-order valence-corrected chi connectivity index (χ1v) is 9.59. The summed E-state index contributed by atoms with van der Waals surface area (Å²) in [6.45, 7) is 3.56. The van der Waals surface area contributed by atoms with E-state index >= 15 is 0 Å². The van der Waals surface area contributed by atoms with Crippen LogP contribution < -0.4 is 5.32 Å². The Bertz CT molecular complexity index is 943. The Hall–Kier alpha value is -2.90. The fourth-order valence-electron chi connectivity index (χ4n) is 3.72. The number of nitrogens with zero attached hydrogens (tertiary/aromatic N) is 1. The number of rotatable bonds is 4. The van der Waals surface area contributed by atoms with Crippen molar-refractivity contribution in [1.29, 1.82) is 0 Å². The number of carbonyl (C=O) groups is 2. The maximum Gasteiger partial charge on any atom is 0.416 e. The lowest BCUT2D eigenvalue weighted by molar-refractivity contribution is -0.137. The standard InChI is InChI=1S/C22H22F4N2O2/c1-13(2)27-20(29)18-12-28(21(30)16-8-3-4-9-19(16)23)11-17(18)14-6-5-7-15(10-14)22(24,25)26/h3-10,13,17-18H,11-12H2,1-2H3,(H,27,29)/t17-,18-/m1/s1. The van der Waals surface area contributed by atoms with Crippen molar-refractivity contribution in [3.05, 3.63) is 71.0 Å². The molecule has 0 radical (unpaired) electrons. The van der Waals surface area contributed by atoms with Crippen LogP contribution in [-0.4, -0.2) is 35.8 Å². The molecule has 2 aromatic rings. The zero-order chi connectivity index (χ0) is 22.1. The van der Waals surface area contributed by atoms with E-state index in [9.17, 15) is 27.2 Å². The number of hydrogen-bond donors (Lipinski definition) is 1. The molecular weight excluding hydrogens is 400 g/mol. The third kappa shape index (κ3) is 4.63. The molecule has 0 spiro atoms. The predicted octanol–water partition coefficient (Wildman–Crippen LogP) is 4.22. The van der Waals surface area contributed by atoms with Crippen LogP contribution in [0.4, 0.5) is 17.6 Å². The second-order valence-corrected chi connectivity index (χ2v) is 7.69. The molecule has 1 N–H and O–H groups in total. The molecule has 0 saturated carbocycles. The third-order valence-electron chi connectivity index (χ3n) is 5.12. The maximum absolute atomic E-state index is 14.1. The molecule has 8 heteroatoms. The SMILES string of the molecule is CC(C)NC(=O)[C@@H]1CN(C(=O)c2ccccc2F)C[C@@H]1c1cccc(C(F)(F)F)c1. The Morgan fingerprint density at radius 3 is 2.40 bits per heavy atom. The molecule has 160 valence electrons. The highest BCUT2D eigenvalue weighted by Gasteiger charge is 2.42. The minimum Gasteiger partial charge on any atom is -0.354 e. The van der Waals surface area contributed by atoms with Crippen molar-refractivity contribution in [3.8, 4) is 0 Å². The molecule has 2 amide bonds. The normalized spacial score (nSPS) is 19.2. The average Bonchev–Trinajstić information content (AvgIpc) is 3.12. The first-order chi connectivity index (χ1) is 14.1. The monoisotopic (exact) mass is 422 g/mol. The molecular formula is C22H22F4N2O2. The van der Waals surface area contributed by atoms with Gasteiger partial charge < -0.3 is 10.2 Å². The van der Waals surface area contributed by atoms with Crippen molar-refractivity contribution < 1.29 is 27.2 Å². The number of benzene rings is 2. The molecule has 3 rings (SSSR count). The van der Waals surface area contributed by atoms with Crippen LogP contribution >= 0.6 is 0 Å². The number of halogens is 4. The molecule has 0 aromatic heterocycles. The summed E-state index contributed by atoms with van der Waals surface area (Å²) < 4.78 is 53.6. The van der Waals surface area contributed by atoms with Crippen LogP contribution in [0, 0.1) is 11.7 Å². The van der Waals surface area contributed by atoms with E-state index in [-0.39, 0.29) is 30.6 Å². The van der Waals surface area contributed by atoms with Gasteiger partial charge in [0.25, 0.3) is 5.91 Å². The van der Waals surface area contributed by atoms with Gasteiger partial charge in [-0.2, -0.15) is 13.2 Å². The minimum atomic E-state index is -4.52. The van der Waals surface area contributed by atoms with E-state index in [4.69, 9.17) is 0 Å². The van der Waals surface area contributed by atoms with Crippen LogP contribution in [0.2, 0.25) is 0 Å². The van der Waals surface area contributed by atoms with Gasteiger partial charge in [-0.05, 0) is 37.6 Å². The van der Waals surface area contributed by atoms with Crippen molar-refractivity contribution >= 4 is 11.8 Å². The van der Waals surface area contributed by atoms with Gasteiger partial charge in [-0.15, -0.1) is 0 Å². The summed E-state index contributed by atoms with van der Waals surface area (Å²) in [6.07, 6.45) is -4.52. The van der Waals surface area contributed by atoms with E-state index in [1.165, 1.54) is 35.2 Å². The first-order valence-electron chi connectivity index (χ1n) is 9.59. The molecule has 30 heavy (non-hydrogen) atoms. The molecule has 1 heterocycles. The van der Waals surface area contributed by atoms with Crippen molar-refractivity contribution in [2.45, 2.75) is 32.0 Å². The molecule has 2 aromatic carbocycles. The molecule has 0 aliphatic carbocycles. The highest BCUT2D eigenvalue weighted by Crippen LogP contribution is 2.37. The van der Waals surface area contributed by atoms with Gasteiger partial charge in [0.15, 0.2) is 0 Å². The smallest absolute Gasteiger partial charge is 0.354 e. The fraction of sp³-hybridized carbons (Fsp3) is 0.364. The number of alkyl halides is 3. The van der Waals surface area contributed by atoms with Crippen molar-refractivity contribution in [3.63, 3.8) is 0 Å². The topological polar surface area (TPSA) is 49.4 Å². The zero-order valence-corrected chi connectivity index (χ0v) is 16.5. The molecule has 1 saturated heterocycles. The molecule has 0 unspecified atom stereocenters. The highest BCUT2D eigenvalue weighted by molar-refractivity contribution is 5.95. The summed E-state index contributed by atoms with van der Waals surface area (Å²) in [6, 6.07) is 10.1. The number of carbonyl (C=O) groups excluding carboxylic acids is 2.